The van der Waals surface area contributed by atoms with Crippen molar-refractivity contribution in [3.8, 4) is 11.1 Å². The molecule has 0 spiro atoms. The predicted molar refractivity (Wildman–Crippen MR) is 164 cm³/mol. The molecule has 38 heavy (non-hydrogen) atoms. The molecule has 0 bridgehead atoms. The zero-order valence-electron chi connectivity index (χ0n) is 24.1. The summed E-state index contributed by atoms with van der Waals surface area (Å²) in [4.78, 5) is 29.5. The predicted octanol–water partition coefficient (Wildman–Crippen LogP) is 8.96. The molecular formula is C34H45NO2Si. The zero-order chi connectivity index (χ0) is 27.3. The Bertz CT molecular complexity index is 1240. The van der Waals surface area contributed by atoms with Crippen molar-refractivity contribution in [3.63, 3.8) is 0 Å². The van der Waals surface area contributed by atoms with Crippen molar-refractivity contribution >= 4 is 35.8 Å². The molecule has 0 atom stereocenters. The fraction of sp³-hybridized carbons (Fsp3) is 0.471. The average molecular weight is 528 g/mol. The zero-order valence-corrected chi connectivity index (χ0v) is 25.1. The van der Waals surface area contributed by atoms with Crippen molar-refractivity contribution in [3.05, 3.63) is 65.7 Å². The van der Waals surface area contributed by atoms with Gasteiger partial charge in [0.05, 0.1) is 8.07 Å². The number of amides is 2. The number of nitrogens with zero attached hydrogens (tertiary/aromatic N) is 1. The Morgan fingerprint density at radius 3 is 1.76 bits per heavy atom. The van der Waals surface area contributed by atoms with Crippen LogP contribution in [0.25, 0.3) is 21.9 Å². The molecule has 3 nitrogen and oxygen atoms in total. The summed E-state index contributed by atoms with van der Waals surface area (Å²) in [7, 11) is -1.39. The number of benzene rings is 3. The van der Waals surface area contributed by atoms with Gasteiger partial charge in [-0.25, -0.2) is 0 Å². The number of imide groups is 1. The van der Waals surface area contributed by atoms with E-state index in [2.05, 4.69) is 69.9 Å². The third-order valence-corrected chi connectivity index (χ3v) is 10.2. The van der Waals surface area contributed by atoms with E-state index in [9.17, 15) is 9.59 Å². The quantitative estimate of drug-likeness (QED) is 0.126. The minimum atomic E-state index is -1.39. The van der Waals surface area contributed by atoms with E-state index in [1.807, 2.05) is 18.2 Å². The molecule has 3 aromatic rings. The molecule has 202 valence electrons. The largest absolute Gasteiger partial charge is 0.271 e. The molecule has 2 amide bonds. The SMILES string of the molecule is CCCCCCC(CCCCCC)N1C(=O)c2cccc3c(-c4ccc([Si](C)(C)C)cc4)ccc(c23)C1=O. The summed E-state index contributed by atoms with van der Waals surface area (Å²) in [6, 6.07) is 18.8. The van der Waals surface area contributed by atoms with Gasteiger partial charge in [-0.2, -0.15) is 0 Å². The monoisotopic (exact) mass is 527 g/mol. The van der Waals surface area contributed by atoms with E-state index in [1.165, 1.54) is 30.9 Å². The van der Waals surface area contributed by atoms with Gasteiger partial charge in [0.1, 0.15) is 0 Å². The summed E-state index contributed by atoms with van der Waals surface area (Å²) in [6.45, 7) is 11.5. The highest BCUT2D eigenvalue weighted by molar-refractivity contribution is 6.88. The van der Waals surface area contributed by atoms with Crippen molar-refractivity contribution in [2.24, 2.45) is 0 Å². The fourth-order valence-electron chi connectivity index (χ4n) is 5.86. The van der Waals surface area contributed by atoms with E-state index in [1.54, 1.807) is 4.90 Å². The van der Waals surface area contributed by atoms with Crippen LogP contribution in [0.15, 0.2) is 54.6 Å². The molecule has 3 aromatic carbocycles. The molecular weight excluding hydrogens is 482 g/mol. The van der Waals surface area contributed by atoms with Crippen LogP contribution in [-0.4, -0.2) is 30.8 Å². The maximum absolute atomic E-state index is 13.9. The molecule has 0 saturated carbocycles. The molecule has 0 saturated heterocycles. The number of carbonyl (C=O) groups is 2. The molecule has 4 heteroatoms. The van der Waals surface area contributed by atoms with Gasteiger partial charge in [-0.05, 0) is 41.5 Å². The van der Waals surface area contributed by atoms with Crippen LogP contribution in [0.2, 0.25) is 19.6 Å². The Morgan fingerprint density at radius 2 is 1.21 bits per heavy atom. The van der Waals surface area contributed by atoms with Crippen LogP contribution in [0.5, 0.6) is 0 Å². The van der Waals surface area contributed by atoms with E-state index in [0.29, 0.717) is 11.1 Å². The molecule has 0 aromatic heterocycles. The van der Waals surface area contributed by atoms with Crippen molar-refractivity contribution in [1.29, 1.82) is 0 Å². The summed E-state index contributed by atoms with van der Waals surface area (Å²) in [5.74, 6) is -0.231. The second-order valence-corrected chi connectivity index (χ2v) is 17.1. The van der Waals surface area contributed by atoms with Gasteiger partial charge < -0.3 is 0 Å². The fourth-order valence-corrected chi connectivity index (χ4v) is 7.03. The molecule has 0 N–H and O–H groups in total. The first-order valence-electron chi connectivity index (χ1n) is 14.8. The summed E-state index contributed by atoms with van der Waals surface area (Å²) in [5.41, 5.74) is 3.55. The van der Waals surface area contributed by atoms with Crippen LogP contribution >= 0.6 is 0 Å². The lowest BCUT2D eigenvalue weighted by atomic mass is 9.87. The smallest absolute Gasteiger partial charge is 0.261 e. The Kier molecular flexibility index (Phi) is 9.25. The number of hydrogen-bond acceptors (Lipinski definition) is 2. The van der Waals surface area contributed by atoms with E-state index in [-0.39, 0.29) is 17.9 Å². The highest BCUT2D eigenvalue weighted by Gasteiger charge is 2.37. The summed E-state index contributed by atoms with van der Waals surface area (Å²) in [6.07, 6.45) is 11.0. The van der Waals surface area contributed by atoms with E-state index in [4.69, 9.17) is 0 Å². The van der Waals surface area contributed by atoms with Crippen molar-refractivity contribution in [2.75, 3.05) is 0 Å². The van der Waals surface area contributed by atoms with Crippen molar-refractivity contribution in [2.45, 2.75) is 104 Å². The average Bonchev–Trinajstić information content (AvgIpc) is 2.91. The first-order chi connectivity index (χ1) is 18.3. The number of hydrogen-bond donors (Lipinski definition) is 0. The molecule has 0 radical (unpaired) electrons. The van der Waals surface area contributed by atoms with Gasteiger partial charge in [-0.3, -0.25) is 14.5 Å². The third kappa shape index (κ3) is 5.96. The standard InChI is InChI=1S/C34H45NO2Si/c1-6-8-10-12-15-26(16-13-11-9-7-2)35-33(36)30-18-14-17-29-28(23-24-31(32(29)30)34(35)37)25-19-21-27(22-20-25)38(3,4)5/h14,17-24,26H,6-13,15-16H2,1-5H3. The van der Waals surface area contributed by atoms with Gasteiger partial charge in [0.2, 0.25) is 0 Å². The van der Waals surface area contributed by atoms with Crippen molar-refractivity contribution < 1.29 is 9.59 Å². The van der Waals surface area contributed by atoms with Crippen LogP contribution in [-0.2, 0) is 0 Å². The summed E-state index contributed by atoms with van der Waals surface area (Å²) < 4.78 is 0. The van der Waals surface area contributed by atoms with Gasteiger partial charge in [0, 0.05) is 22.6 Å². The minimum absolute atomic E-state index is 0.0269. The van der Waals surface area contributed by atoms with Crippen LogP contribution in [0.3, 0.4) is 0 Å². The lowest BCUT2D eigenvalue weighted by molar-refractivity contribution is 0.0517. The first kappa shape index (κ1) is 28.3. The van der Waals surface area contributed by atoms with Crippen LogP contribution in [0.4, 0.5) is 0 Å². The maximum atomic E-state index is 13.9. The Balaban J connectivity index is 1.69. The Hall–Kier alpha value is -2.72. The minimum Gasteiger partial charge on any atom is -0.271 e. The molecule has 1 heterocycles. The van der Waals surface area contributed by atoms with Crippen LogP contribution in [0.1, 0.15) is 98.8 Å². The van der Waals surface area contributed by atoms with E-state index < -0.39 is 8.07 Å². The number of rotatable bonds is 13. The van der Waals surface area contributed by atoms with Gasteiger partial charge in [-0.15, -0.1) is 0 Å². The van der Waals surface area contributed by atoms with Gasteiger partial charge in [0.25, 0.3) is 11.8 Å². The van der Waals surface area contributed by atoms with Crippen LogP contribution in [0, 0.1) is 0 Å². The second kappa shape index (κ2) is 12.4. The second-order valence-electron chi connectivity index (χ2n) is 12.0. The van der Waals surface area contributed by atoms with Gasteiger partial charge >= 0.3 is 0 Å². The molecule has 0 unspecified atom stereocenters. The molecule has 1 aliphatic rings. The highest BCUT2D eigenvalue weighted by Crippen LogP contribution is 2.38. The lowest BCUT2D eigenvalue weighted by Crippen LogP contribution is -2.47. The Labute approximate surface area is 230 Å². The maximum Gasteiger partial charge on any atom is 0.261 e. The molecule has 1 aliphatic heterocycles. The van der Waals surface area contributed by atoms with Crippen molar-refractivity contribution in [1.82, 2.24) is 4.90 Å². The normalized spacial score (nSPS) is 13.7. The van der Waals surface area contributed by atoms with E-state index in [0.717, 1.165) is 60.4 Å². The highest BCUT2D eigenvalue weighted by atomic mass is 28.3. The van der Waals surface area contributed by atoms with Gasteiger partial charge in [0.15, 0.2) is 0 Å². The van der Waals surface area contributed by atoms with E-state index >= 15 is 0 Å². The number of unbranched alkanes of at least 4 members (excludes halogenated alkanes) is 6. The number of carbonyl (C=O) groups excluding carboxylic acids is 2. The molecule has 4 rings (SSSR count). The topological polar surface area (TPSA) is 37.4 Å². The third-order valence-electron chi connectivity index (χ3n) is 8.15. The Morgan fingerprint density at radius 1 is 0.658 bits per heavy atom. The summed E-state index contributed by atoms with van der Waals surface area (Å²) >= 11 is 0. The molecule has 0 aliphatic carbocycles. The lowest BCUT2D eigenvalue weighted by Gasteiger charge is -2.34. The van der Waals surface area contributed by atoms with Crippen LogP contribution < -0.4 is 5.19 Å². The van der Waals surface area contributed by atoms with Gasteiger partial charge in [-0.1, -0.05) is 133 Å². The summed E-state index contributed by atoms with van der Waals surface area (Å²) in [5, 5.41) is 3.24. The molecule has 0 fully saturated rings. The first-order valence-corrected chi connectivity index (χ1v) is 18.3.